The summed E-state index contributed by atoms with van der Waals surface area (Å²) in [7, 11) is 0. The molecule has 3 rings (SSSR count). The maximum absolute atomic E-state index is 5.65. The molecule has 0 aromatic carbocycles. The van der Waals surface area contributed by atoms with Gasteiger partial charge in [-0.1, -0.05) is 12.5 Å². The molecule has 78 valence electrons. The van der Waals surface area contributed by atoms with E-state index in [9.17, 15) is 0 Å². The summed E-state index contributed by atoms with van der Waals surface area (Å²) >= 11 is 0. The highest BCUT2D eigenvalue weighted by Crippen LogP contribution is 2.35. The molecule has 15 heavy (non-hydrogen) atoms. The fourth-order valence-corrected chi connectivity index (χ4v) is 2.14. The first-order valence-electron chi connectivity index (χ1n) is 5.54. The van der Waals surface area contributed by atoms with Crippen molar-refractivity contribution in [2.24, 2.45) is 5.73 Å². The summed E-state index contributed by atoms with van der Waals surface area (Å²) in [5, 5.41) is 0. The normalized spacial score (nSPS) is 16.9. The molecule has 1 fully saturated rings. The monoisotopic (exact) mass is 201 g/mol. The lowest BCUT2D eigenvalue weighted by atomic mass is 9.85. The maximum Gasteiger partial charge on any atom is 0.116 e. The van der Waals surface area contributed by atoms with Gasteiger partial charge in [0.1, 0.15) is 5.82 Å². The van der Waals surface area contributed by atoms with E-state index in [-0.39, 0.29) is 0 Å². The molecule has 0 atom stereocenters. The van der Waals surface area contributed by atoms with Crippen molar-refractivity contribution < 1.29 is 0 Å². The number of hydrogen-bond donors (Lipinski definition) is 1. The largest absolute Gasteiger partial charge is 0.326 e. The van der Waals surface area contributed by atoms with E-state index in [0.29, 0.717) is 12.5 Å². The Morgan fingerprint density at radius 2 is 2.27 bits per heavy atom. The van der Waals surface area contributed by atoms with E-state index >= 15 is 0 Å². The van der Waals surface area contributed by atoms with Crippen LogP contribution in [0.25, 0.3) is 5.52 Å². The zero-order valence-electron chi connectivity index (χ0n) is 8.69. The summed E-state index contributed by atoms with van der Waals surface area (Å²) in [6.07, 6.45) is 7.98. The molecule has 3 nitrogen and oxygen atoms in total. The van der Waals surface area contributed by atoms with Crippen molar-refractivity contribution in [1.82, 2.24) is 9.38 Å². The lowest BCUT2D eigenvalue weighted by molar-refractivity contribution is 0.400. The summed E-state index contributed by atoms with van der Waals surface area (Å²) in [4.78, 5) is 4.51. The summed E-state index contributed by atoms with van der Waals surface area (Å²) in [6.45, 7) is 0.595. The van der Waals surface area contributed by atoms with Crippen LogP contribution in [0.15, 0.2) is 24.5 Å². The highest BCUT2D eigenvalue weighted by Gasteiger charge is 2.23. The van der Waals surface area contributed by atoms with Crippen LogP contribution >= 0.6 is 0 Å². The number of fused-ring (bicyclic) bond motifs is 1. The molecule has 1 aliphatic carbocycles. The second kappa shape index (κ2) is 3.35. The fraction of sp³-hybridized carbons (Fsp3) is 0.417. The van der Waals surface area contributed by atoms with E-state index in [1.807, 2.05) is 6.20 Å². The van der Waals surface area contributed by atoms with Gasteiger partial charge in [-0.3, -0.25) is 0 Å². The standard InChI is InChI=1S/C12H15N3/c13-6-9-4-5-11-7-14-12(15(11)8-9)10-2-1-3-10/h4-5,7-8,10H,1-3,6,13H2. The van der Waals surface area contributed by atoms with Crippen LogP contribution in [0.5, 0.6) is 0 Å². The van der Waals surface area contributed by atoms with E-state index in [1.54, 1.807) is 0 Å². The third kappa shape index (κ3) is 1.35. The quantitative estimate of drug-likeness (QED) is 0.808. The Hall–Kier alpha value is -1.35. The third-order valence-electron chi connectivity index (χ3n) is 3.32. The van der Waals surface area contributed by atoms with Gasteiger partial charge >= 0.3 is 0 Å². The summed E-state index contributed by atoms with van der Waals surface area (Å²) in [5.41, 5.74) is 7.99. The molecular formula is C12H15N3. The summed E-state index contributed by atoms with van der Waals surface area (Å²) in [6, 6.07) is 4.17. The van der Waals surface area contributed by atoms with E-state index in [2.05, 4.69) is 27.7 Å². The molecule has 2 heterocycles. The Labute approximate surface area is 88.9 Å². The highest BCUT2D eigenvalue weighted by molar-refractivity contribution is 5.47. The van der Waals surface area contributed by atoms with Crippen LogP contribution in [0.2, 0.25) is 0 Å². The summed E-state index contributed by atoms with van der Waals surface area (Å²) < 4.78 is 2.20. The van der Waals surface area contributed by atoms with Gasteiger partial charge < -0.3 is 10.1 Å². The Morgan fingerprint density at radius 1 is 1.40 bits per heavy atom. The molecular weight excluding hydrogens is 186 g/mol. The Bertz CT molecular complexity index is 483. The molecule has 2 aromatic heterocycles. The molecule has 1 aliphatic rings. The number of nitrogens with zero attached hydrogens (tertiary/aromatic N) is 2. The van der Waals surface area contributed by atoms with Crippen LogP contribution in [0.3, 0.4) is 0 Å². The number of imidazole rings is 1. The van der Waals surface area contributed by atoms with Gasteiger partial charge in [-0.2, -0.15) is 0 Å². The van der Waals surface area contributed by atoms with Gasteiger partial charge in [-0.25, -0.2) is 4.98 Å². The molecule has 0 amide bonds. The zero-order valence-corrected chi connectivity index (χ0v) is 8.69. The van der Waals surface area contributed by atoms with Gasteiger partial charge in [0.2, 0.25) is 0 Å². The molecule has 0 spiro atoms. The van der Waals surface area contributed by atoms with E-state index < -0.39 is 0 Å². The molecule has 0 aliphatic heterocycles. The number of nitrogens with two attached hydrogens (primary N) is 1. The Morgan fingerprint density at radius 3 is 2.93 bits per heavy atom. The lowest BCUT2D eigenvalue weighted by Gasteiger charge is -2.24. The molecule has 3 heteroatoms. The molecule has 0 unspecified atom stereocenters. The molecule has 0 saturated heterocycles. The predicted molar refractivity (Wildman–Crippen MR) is 59.7 cm³/mol. The van der Waals surface area contributed by atoms with Crippen LogP contribution < -0.4 is 5.73 Å². The number of aromatic nitrogens is 2. The Kier molecular flexibility index (Phi) is 1.99. The second-order valence-corrected chi connectivity index (χ2v) is 4.28. The van der Waals surface area contributed by atoms with Gasteiger partial charge in [-0.05, 0) is 24.5 Å². The first-order chi connectivity index (χ1) is 7.38. The molecule has 0 radical (unpaired) electrons. The van der Waals surface area contributed by atoms with Crippen molar-refractivity contribution in [2.45, 2.75) is 31.7 Å². The maximum atomic E-state index is 5.65. The van der Waals surface area contributed by atoms with Crippen molar-refractivity contribution in [1.29, 1.82) is 0 Å². The van der Waals surface area contributed by atoms with Crippen LogP contribution in [0.1, 0.15) is 36.6 Å². The average Bonchev–Trinajstić information content (AvgIpc) is 2.59. The van der Waals surface area contributed by atoms with Gasteiger partial charge in [-0.15, -0.1) is 0 Å². The van der Waals surface area contributed by atoms with Crippen molar-refractivity contribution >= 4 is 5.52 Å². The van der Waals surface area contributed by atoms with E-state index in [1.165, 1.54) is 36.2 Å². The first-order valence-corrected chi connectivity index (χ1v) is 5.54. The molecule has 2 aromatic rings. The van der Waals surface area contributed by atoms with Crippen LogP contribution in [-0.4, -0.2) is 9.38 Å². The predicted octanol–water partition coefficient (Wildman–Crippen LogP) is 2.06. The van der Waals surface area contributed by atoms with Crippen molar-refractivity contribution in [3.8, 4) is 0 Å². The molecule has 1 saturated carbocycles. The molecule has 2 N–H and O–H groups in total. The van der Waals surface area contributed by atoms with E-state index in [0.717, 1.165) is 0 Å². The minimum absolute atomic E-state index is 0.595. The topological polar surface area (TPSA) is 43.3 Å². The summed E-state index contributed by atoms with van der Waals surface area (Å²) in [5.74, 6) is 1.88. The zero-order chi connectivity index (χ0) is 10.3. The van der Waals surface area contributed by atoms with Crippen LogP contribution in [0, 0.1) is 0 Å². The Balaban J connectivity index is 2.13. The van der Waals surface area contributed by atoms with Gasteiger partial charge in [0.15, 0.2) is 0 Å². The molecule has 0 bridgehead atoms. The third-order valence-corrected chi connectivity index (χ3v) is 3.32. The smallest absolute Gasteiger partial charge is 0.116 e. The highest BCUT2D eigenvalue weighted by atomic mass is 15.0. The van der Waals surface area contributed by atoms with Crippen molar-refractivity contribution in [3.05, 3.63) is 35.9 Å². The average molecular weight is 201 g/mol. The van der Waals surface area contributed by atoms with Crippen LogP contribution in [0.4, 0.5) is 0 Å². The lowest BCUT2D eigenvalue weighted by Crippen LogP contribution is -2.12. The van der Waals surface area contributed by atoms with Gasteiger partial charge in [0, 0.05) is 18.7 Å². The second-order valence-electron chi connectivity index (χ2n) is 4.28. The van der Waals surface area contributed by atoms with Gasteiger partial charge in [0.05, 0.1) is 11.7 Å². The number of rotatable bonds is 2. The van der Waals surface area contributed by atoms with Gasteiger partial charge in [0.25, 0.3) is 0 Å². The number of hydrogen-bond acceptors (Lipinski definition) is 2. The van der Waals surface area contributed by atoms with Crippen molar-refractivity contribution in [3.63, 3.8) is 0 Å². The fourth-order valence-electron chi connectivity index (χ4n) is 2.14. The van der Waals surface area contributed by atoms with Crippen LogP contribution in [-0.2, 0) is 6.54 Å². The number of pyridine rings is 1. The minimum Gasteiger partial charge on any atom is -0.326 e. The first kappa shape index (κ1) is 8.92. The van der Waals surface area contributed by atoms with Crippen molar-refractivity contribution in [2.75, 3.05) is 0 Å². The minimum atomic E-state index is 0.595. The SMILES string of the molecule is NCc1ccc2cnc(C3CCC3)n2c1. The van der Waals surface area contributed by atoms with E-state index in [4.69, 9.17) is 5.73 Å².